The molecule has 112 valence electrons. The van der Waals surface area contributed by atoms with Crippen LogP contribution in [-0.4, -0.2) is 35.8 Å². The van der Waals surface area contributed by atoms with E-state index in [1.54, 1.807) is 19.1 Å². The van der Waals surface area contributed by atoms with Crippen molar-refractivity contribution >= 4 is 11.8 Å². The minimum absolute atomic E-state index is 0.0825. The maximum absolute atomic E-state index is 11.4. The summed E-state index contributed by atoms with van der Waals surface area (Å²) in [5, 5.41) is 13.0. The number of nitrogens with one attached hydrogen (secondary N) is 1. The van der Waals surface area contributed by atoms with Crippen molar-refractivity contribution in [1.82, 2.24) is 4.98 Å². The van der Waals surface area contributed by atoms with Crippen LogP contribution in [0.4, 0.5) is 5.82 Å². The summed E-state index contributed by atoms with van der Waals surface area (Å²) in [6.45, 7) is 8.45. The highest BCUT2D eigenvalue weighted by atomic mass is 16.5. The van der Waals surface area contributed by atoms with Crippen molar-refractivity contribution in [1.29, 1.82) is 0 Å². The number of aliphatic hydroxyl groups is 1. The summed E-state index contributed by atoms with van der Waals surface area (Å²) in [6, 6.07) is 3.38. The average Bonchev–Trinajstić information content (AvgIpc) is 2.33. The lowest BCUT2D eigenvalue weighted by molar-refractivity contribution is 0.0599. The van der Waals surface area contributed by atoms with Crippen LogP contribution in [0.3, 0.4) is 0 Å². The van der Waals surface area contributed by atoms with Crippen LogP contribution < -0.4 is 5.32 Å². The van der Waals surface area contributed by atoms with Crippen molar-refractivity contribution in [3.63, 3.8) is 0 Å². The highest BCUT2D eigenvalue weighted by Crippen LogP contribution is 2.21. The Balaban J connectivity index is 2.62. The van der Waals surface area contributed by atoms with Gasteiger partial charge in [-0.15, -0.1) is 0 Å². The van der Waals surface area contributed by atoms with Crippen molar-refractivity contribution in [2.45, 2.75) is 40.2 Å². The van der Waals surface area contributed by atoms with E-state index in [-0.39, 0.29) is 5.41 Å². The van der Waals surface area contributed by atoms with Gasteiger partial charge in [0, 0.05) is 6.54 Å². The Kier molecular flexibility index (Phi) is 5.51. The summed E-state index contributed by atoms with van der Waals surface area (Å²) in [6.07, 6.45) is 0.275. The van der Waals surface area contributed by atoms with Gasteiger partial charge in [0.2, 0.25) is 0 Å². The number of esters is 1. The van der Waals surface area contributed by atoms with Gasteiger partial charge in [-0.05, 0) is 30.9 Å². The third-order valence-corrected chi connectivity index (χ3v) is 2.86. The highest BCUT2D eigenvalue weighted by Gasteiger charge is 2.17. The van der Waals surface area contributed by atoms with E-state index in [4.69, 9.17) is 0 Å². The van der Waals surface area contributed by atoms with Gasteiger partial charge in [0.05, 0.1) is 24.5 Å². The maximum atomic E-state index is 11.4. The Morgan fingerprint density at radius 1 is 1.45 bits per heavy atom. The van der Waals surface area contributed by atoms with Crippen molar-refractivity contribution in [3.8, 4) is 0 Å². The maximum Gasteiger partial charge on any atom is 0.339 e. The fourth-order valence-corrected chi connectivity index (χ4v) is 1.99. The van der Waals surface area contributed by atoms with E-state index in [0.29, 0.717) is 30.0 Å². The van der Waals surface area contributed by atoms with Crippen molar-refractivity contribution < 1.29 is 14.6 Å². The summed E-state index contributed by atoms with van der Waals surface area (Å²) in [4.78, 5) is 15.7. The zero-order valence-corrected chi connectivity index (χ0v) is 12.9. The van der Waals surface area contributed by atoms with E-state index < -0.39 is 12.1 Å². The molecule has 0 aliphatic carbocycles. The van der Waals surface area contributed by atoms with Crippen LogP contribution >= 0.6 is 0 Å². The Morgan fingerprint density at radius 3 is 2.60 bits per heavy atom. The molecule has 1 atom stereocenters. The molecule has 0 saturated carbocycles. The number of carbonyl (C=O) groups is 1. The number of aliphatic hydroxyl groups excluding tert-OH is 1. The van der Waals surface area contributed by atoms with E-state index in [1.807, 2.05) is 0 Å². The zero-order chi connectivity index (χ0) is 15.3. The second kappa shape index (κ2) is 6.70. The molecule has 0 aliphatic heterocycles. The van der Waals surface area contributed by atoms with E-state index in [0.717, 1.165) is 0 Å². The number of aryl methyl sites for hydroxylation is 1. The van der Waals surface area contributed by atoms with Crippen LogP contribution in [0.1, 0.15) is 43.2 Å². The Labute approximate surface area is 120 Å². The molecule has 1 aromatic heterocycles. The summed E-state index contributed by atoms with van der Waals surface area (Å²) in [5.41, 5.74) is 1.14. The number of hydrogen-bond donors (Lipinski definition) is 2. The molecule has 1 aromatic rings. The van der Waals surface area contributed by atoms with E-state index >= 15 is 0 Å². The van der Waals surface area contributed by atoms with Crippen LogP contribution in [0, 0.1) is 12.3 Å². The fourth-order valence-electron chi connectivity index (χ4n) is 1.99. The largest absolute Gasteiger partial charge is 0.465 e. The van der Waals surface area contributed by atoms with E-state index in [9.17, 15) is 9.90 Å². The van der Waals surface area contributed by atoms with Crippen LogP contribution in [0.15, 0.2) is 12.1 Å². The van der Waals surface area contributed by atoms with Crippen LogP contribution in [0.25, 0.3) is 0 Å². The Bertz CT molecular complexity index is 467. The predicted octanol–water partition coefficient (Wildman–Crippen LogP) is 2.39. The molecular formula is C15H24N2O3. The van der Waals surface area contributed by atoms with Gasteiger partial charge in [-0.2, -0.15) is 0 Å². The molecule has 1 unspecified atom stereocenters. The van der Waals surface area contributed by atoms with E-state index in [2.05, 4.69) is 35.8 Å². The zero-order valence-electron chi connectivity index (χ0n) is 12.9. The van der Waals surface area contributed by atoms with Crippen LogP contribution in [0.2, 0.25) is 0 Å². The molecule has 0 fully saturated rings. The van der Waals surface area contributed by atoms with E-state index in [1.165, 1.54) is 7.11 Å². The topological polar surface area (TPSA) is 71.5 Å². The minimum atomic E-state index is -0.433. The summed E-state index contributed by atoms with van der Waals surface area (Å²) < 4.78 is 4.67. The van der Waals surface area contributed by atoms with Crippen molar-refractivity contribution in [2.24, 2.45) is 5.41 Å². The molecular weight excluding hydrogens is 256 g/mol. The molecule has 0 saturated heterocycles. The summed E-state index contributed by atoms with van der Waals surface area (Å²) >= 11 is 0. The lowest BCUT2D eigenvalue weighted by Crippen LogP contribution is -2.25. The SMILES string of the molecule is COC(=O)c1ccc(NCC(O)CC(C)(C)C)nc1C. The monoisotopic (exact) mass is 280 g/mol. The average molecular weight is 280 g/mol. The standard InChI is InChI=1S/C15H24N2O3/c1-10-12(14(19)20-5)6-7-13(17-10)16-9-11(18)8-15(2,3)4/h6-7,11,18H,8-9H2,1-5H3,(H,16,17). The first-order valence-electron chi connectivity index (χ1n) is 6.71. The molecule has 0 aliphatic rings. The molecule has 0 aromatic carbocycles. The number of aromatic nitrogens is 1. The molecule has 0 bridgehead atoms. The smallest absolute Gasteiger partial charge is 0.339 e. The van der Waals surface area contributed by atoms with Gasteiger partial charge in [-0.25, -0.2) is 9.78 Å². The number of pyridine rings is 1. The molecule has 2 N–H and O–H groups in total. The molecule has 1 rings (SSSR count). The molecule has 5 heteroatoms. The molecule has 0 radical (unpaired) electrons. The molecule has 1 heterocycles. The first-order chi connectivity index (χ1) is 9.23. The van der Waals surface area contributed by atoms with Gasteiger partial charge in [-0.1, -0.05) is 20.8 Å². The van der Waals surface area contributed by atoms with Gasteiger partial charge in [0.15, 0.2) is 0 Å². The van der Waals surface area contributed by atoms with Gasteiger partial charge < -0.3 is 15.2 Å². The van der Waals surface area contributed by atoms with Gasteiger partial charge in [-0.3, -0.25) is 0 Å². The van der Waals surface area contributed by atoms with Gasteiger partial charge in [0.1, 0.15) is 5.82 Å². The van der Waals surface area contributed by atoms with Crippen LogP contribution in [-0.2, 0) is 4.74 Å². The normalized spacial score (nSPS) is 12.9. The molecule has 20 heavy (non-hydrogen) atoms. The second-order valence-electron chi connectivity index (χ2n) is 6.12. The Morgan fingerprint density at radius 2 is 2.10 bits per heavy atom. The first kappa shape index (κ1) is 16.4. The Hall–Kier alpha value is -1.62. The lowest BCUT2D eigenvalue weighted by Gasteiger charge is -2.22. The highest BCUT2D eigenvalue weighted by molar-refractivity contribution is 5.90. The summed E-state index contributed by atoms with van der Waals surface area (Å²) in [5.74, 6) is 0.248. The molecule has 0 spiro atoms. The number of methoxy groups -OCH3 is 1. The minimum Gasteiger partial charge on any atom is -0.465 e. The van der Waals surface area contributed by atoms with Crippen LogP contribution in [0.5, 0.6) is 0 Å². The van der Waals surface area contributed by atoms with Gasteiger partial charge in [0.25, 0.3) is 0 Å². The number of nitrogens with zero attached hydrogens (tertiary/aromatic N) is 1. The predicted molar refractivity (Wildman–Crippen MR) is 78.9 cm³/mol. The van der Waals surface area contributed by atoms with Crippen molar-refractivity contribution in [3.05, 3.63) is 23.4 Å². The van der Waals surface area contributed by atoms with Gasteiger partial charge >= 0.3 is 5.97 Å². The fraction of sp³-hybridized carbons (Fsp3) is 0.600. The molecule has 5 nitrogen and oxygen atoms in total. The van der Waals surface area contributed by atoms with Crippen molar-refractivity contribution in [2.75, 3.05) is 19.0 Å². The number of rotatable bonds is 5. The quantitative estimate of drug-likeness (QED) is 0.810. The number of ether oxygens (including phenoxy) is 1. The third kappa shape index (κ3) is 5.17. The summed E-state index contributed by atoms with van der Waals surface area (Å²) in [7, 11) is 1.34. The number of hydrogen-bond acceptors (Lipinski definition) is 5. The second-order valence-corrected chi connectivity index (χ2v) is 6.12. The third-order valence-electron chi connectivity index (χ3n) is 2.86. The lowest BCUT2D eigenvalue weighted by atomic mass is 9.89. The first-order valence-corrected chi connectivity index (χ1v) is 6.71. The molecule has 0 amide bonds. The number of anilines is 1. The number of carbonyl (C=O) groups excluding carboxylic acids is 1.